The Morgan fingerprint density at radius 1 is 1.11 bits per heavy atom. The Labute approximate surface area is 162 Å². The fraction of sp³-hybridized carbons (Fsp3) is 0.286. The molecule has 1 amide bonds. The van der Waals surface area contributed by atoms with Crippen LogP contribution in [0.15, 0.2) is 53.3 Å². The van der Waals surface area contributed by atoms with E-state index in [0.29, 0.717) is 24.5 Å². The van der Waals surface area contributed by atoms with Crippen LogP contribution in [0.3, 0.4) is 0 Å². The van der Waals surface area contributed by atoms with Gasteiger partial charge < -0.3 is 14.2 Å². The fourth-order valence-corrected chi connectivity index (χ4v) is 3.26. The highest BCUT2D eigenvalue weighted by Crippen LogP contribution is 2.22. The van der Waals surface area contributed by atoms with Crippen molar-refractivity contribution in [3.63, 3.8) is 0 Å². The Balaban J connectivity index is 1.42. The van der Waals surface area contributed by atoms with Gasteiger partial charge in [0.15, 0.2) is 0 Å². The number of carbonyl (C=O) groups excluding carboxylic acids is 1. The third-order valence-corrected chi connectivity index (χ3v) is 5.08. The predicted molar refractivity (Wildman–Crippen MR) is 105 cm³/mol. The lowest BCUT2D eigenvalue weighted by Gasteiger charge is -2.38. The molecule has 0 atom stereocenters. The second kappa shape index (κ2) is 6.99. The van der Waals surface area contributed by atoms with Crippen LogP contribution in [0, 0.1) is 6.92 Å². The van der Waals surface area contributed by atoms with Crippen LogP contribution >= 0.6 is 0 Å². The van der Waals surface area contributed by atoms with Gasteiger partial charge in [-0.3, -0.25) is 14.3 Å². The number of amides is 1. The molecule has 3 aromatic rings. The molecule has 144 valence electrons. The molecule has 28 heavy (non-hydrogen) atoms. The number of nitrogens with zero attached hydrogens (tertiary/aromatic N) is 4. The van der Waals surface area contributed by atoms with Gasteiger partial charge in [0.2, 0.25) is 0 Å². The highest BCUT2D eigenvalue weighted by atomic mass is 16.5. The lowest BCUT2D eigenvalue weighted by molar-refractivity contribution is 0.0168. The van der Waals surface area contributed by atoms with Crippen molar-refractivity contribution in [2.45, 2.75) is 13.0 Å². The molecule has 0 aliphatic carbocycles. The maximum absolute atomic E-state index is 12.8. The SMILES string of the molecule is Cc1cc(OC2CN(C(=O)c3cc(-c4ccccc4)nn3C)C2)cc(=O)n1C. The first-order valence-corrected chi connectivity index (χ1v) is 9.15. The lowest BCUT2D eigenvalue weighted by atomic mass is 10.1. The van der Waals surface area contributed by atoms with Crippen molar-refractivity contribution in [1.29, 1.82) is 0 Å². The lowest BCUT2D eigenvalue weighted by Crippen LogP contribution is -2.56. The van der Waals surface area contributed by atoms with Crippen molar-refractivity contribution in [3.05, 3.63) is 70.3 Å². The highest BCUT2D eigenvalue weighted by molar-refractivity contribution is 5.94. The molecule has 2 aromatic heterocycles. The fourth-order valence-electron chi connectivity index (χ4n) is 3.26. The van der Waals surface area contributed by atoms with Crippen molar-refractivity contribution in [2.24, 2.45) is 14.1 Å². The number of aryl methyl sites for hydroxylation is 2. The molecule has 1 aromatic carbocycles. The van der Waals surface area contributed by atoms with Crippen molar-refractivity contribution < 1.29 is 9.53 Å². The van der Waals surface area contributed by atoms with E-state index in [1.165, 1.54) is 6.07 Å². The van der Waals surface area contributed by atoms with Gasteiger partial charge in [-0.25, -0.2) is 0 Å². The van der Waals surface area contributed by atoms with Gasteiger partial charge in [-0.1, -0.05) is 30.3 Å². The number of aromatic nitrogens is 3. The van der Waals surface area contributed by atoms with Crippen LogP contribution in [0.5, 0.6) is 5.75 Å². The molecule has 0 saturated carbocycles. The molecular weight excluding hydrogens is 356 g/mol. The summed E-state index contributed by atoms with van der Waals surface area (Å²) in [4.78, 5) is 26.4. The van der Waals surface area contributed by atoms with Gasteiger partial charge in [0.05, 0.1) is 18.8 Å². The molecule has 4 rings (SSSR count). The molecule has 0 bridgehead atoms. The summed E-state index contributed by atoms with van der Waals surface area (Å²) in [6.07, 6.45) is -0.114. The Morgan fingerprint density at radius 2 is 1.82 bits per heavy atom. The van der Waals surface area contributed by atoms with E-state index in [4.69, 9.17) is 4.74 Å². The number of likely N-dealkylation sites (tertiary alicyclic amines) is 1. The molecule has 0 N–H and O–H groups in total. The van der Waals surface area contributed by atoms with Crippen LogP contribution in [-0.4, -0.2) is 44.3 Å². The smallest absolute Gasteiger partial charge is 0.272 e. The van der Waals surface area contributed by atoms with E-state index in [9.17, 15) is 9.59 Å². The van der Waals surface area contributed by atoms with Crippen LogP contribution in [-0.2, 0) is 14.1 Å². The van der Waals surface area contributed by atoms with Crippen LogP contribution in [0.25, 0.3) is 11.3 Å². The van der Waals surface area contributed by atoms with Crippen molar-refractivity contribution in [2.75, 3.05) is 13.1 Å². The van der Waals surface area contributed by atoms with Crippen molar-refractivity contribution in [1.82, 2.24) is 19.2 Å². The zero-order valence-electron chi connectivity index (χ0n) is 16.1. The van der Waals surface area contributed by atoms with Gasteiger partial charge in [0, 0.05) is 31.4 Å². The summed E-state index contributed by atoms with van der Waals surface area (Å²) in [5, 5.41) is 4.46. The van der Waals surface area contributed by atoms with E-state index in [1.807, 2.05) is 49.4 Å². The average Bonchev–Trinajstić information content (AvgIpc) is 3.04. The molecule has 1 saturated heterocycles. The zero-order valence-corrected chi connectivity index (χ0v) is 16.1. The summed E-state index contributed by atoms with van der Waals surface area (Å²) in [6.45, 7) is 2.83. The van der Waals surface area contributed by atoms with Crippen molar-refractivity contribution >= 4 is 5.91 Å². The minimum atomic E-state index is -0.114. The van der Waals surface area contributed by atoms with E-state index >= 15 is 0 Å². The Morgan fingerprint density at radius 3 is 2.50 bits per heavy atom. The van der Waals surface area contributed by atoms with Crippen LogP contribution in [0.1, 0.15) is 16.2 Å². The minimum absolute atomic E-state index is 0.0720. The minimum Gasteiger partial charge on any atom is -0.486 e. The molecule has 1 fully saturated rings. The summed E-state index contributed by atoms with van der Waals surface area (Å²) in [5.74, 6) is 0.474. The first-order chi connectivity index (χ1) is 13.4. The Bertz CT molecular complexity index is 1080. The van der Waals surface area contributed by atoms with Gasteiger partial charge >= 0.3 is 0 Å². The molecule has 1 aliphatic heterocycles. The molecule has 0 radical (unpaired) electrons. The maximum Gasteiger partial charge on any atom is 0.272 e. The van der Waals surface area contributed by atoms with E-state index in [2.05, 4.69) is 5.10 Å². The van der Waals surface area contributed by atoms with E-state index in [0.717, 1.165) is 17.0 Å². The van der Waals surface area contributed by atoms with Crippen molar-refractivity contribution in [3.8, 4) is 17.0 Å². The maximum atomic E-state index is 12.8. The van der Waals surface area contributed by atoms with Crippen LogP contribution in [0.4, 0.5) is 0 Å². The summed E-state index contributed by atoms with van der Waals surface area (Å²) < 4.78 is 9.04. The molecule has 0 spiro atoms. The van der Waals surface area contributed by atoms with E-state index < -0.39 is 0 Å². The number of hydrogen-bond acceptors (Lipinski definition) is 4. The number of carbonyl (C=O) groups is 1. The van der Waals surface area contributed by atoms with Gasteiger partial charge in [-0.2, -0.15) is 5.10 Å². The van der Waals surface area contributed by atoms with Gasteiger partial charge in [0.1, 0.15) is 17.5 Å². The topological polar surface area (TPSA) is 69.4 Å². The summed E-state index contributed by atoms with van der Waals surface area (Å²) in [7, 11) is 3.50. The Kier molecular flexibility index (Phi) is 4.50. The van der Waals surface area contributed by atoms with Crippen LogP contribution < -0.4 is 10.3 Å². The van der Waals surface area contributed by atoms with Gasteiger partial charge in [-0.05, 0) is 19.1 Å². The third kappa shape index (κ3) is 3.31. The van der Waals surface area contributed by atoms with Gasteiger partial charge in [-0.15, -0.1) is 0 Å². The molecule has 0 unspecified atom stereocenters. The van der Waals surface area contributed by atoms with E-state index in [-0.39, 0.29) is 17.6 Å². The Hall–Kier alpha value is -3.35. The number of pyridine rings is 1. The standard InChI is InChI=1S/C21H22N4O3/c1-14-9-16(10-20(26)23(14)2)28-17-12-25(13-17)21(27)19-11-18(22-24(19)3)15-7-5-4-6-8-15/h4-11,17H,12-13H2,1-3H3. The third-order valence-electron chi connectivity index (χ3n) is 5.08. The number of hydrogen-bond donors (Lipinski definition) is 0. The number of rotatable bonds is 4. The molecular formula is C21H22N4O3. The van der Waals surface area contributed by atoms with Gasteiger partial charge in [0.25, 0.3) is 11.5 Å². The second-order valence-corrected chi connectivity index (χ2v) is 7.08. The molecule has 1 aliphatic rings. The zero-order chi connectivity index (χ0) is 19.8. The number of benzene rings is 1. The summed E-state index contributed by atoms with van der Waals surface area (Å²) in [5.41, 5.74) is 3.02. The van der Waals surface area contributed by atoms with E-state index in [1.54, 1.807) is 28.2 Å². The average molecular weight is 378 g/mol. The van der Waals surface area contributed by atoms with Crippen LogP contribution in [0.2, 0.25) is 0 Å². The molecule has 7 nitrogen and oxygen atoms in total. The quantitative estimate of drug-likeness (QED) is 0.696. The first kappa shape index (κ1) is 18.0. The second-order valence-electron chi connectivity index (χ2n) is 7.08. The predicted octanol–water partition coefficient (Wildman–Crippen LogP) is 2.00. The molecule has 7 heteroatoms. The number of ether oxygens (including phenoxy) is 1. The molecule has 3 heterocycles. The summed E-state index contributed by atoms with van der Waals surface area (Å²) >= 11 is 0. The summed E-state index contributed by atoms with van der Waals surface area (Å²) in [6, 6.07) is 14.9. The largest absolute Gasteiger partial charge is 0.486 e. The monoisotopic (exact) mass is 378 g/mol. The first-order valence-electron chi connectivity index (χ1n) is 9.15. The normalized spacial score (nSPS) is 14.0. The highest BCUT2D eigenvalue weighted by Gasteiger charge is 2.34.